The van der Waals surface area contributed by atoms with Crippen LogP contribution < -0.4 is 14.9 Å². The van der Waals surface area contributed by atoms with Crippen molar-refractivity contribution in [3.05, 3.63) is 24.3 Å². The van der Waals surface area contributed by atoms with E-state index in [1.54, 1.807) is 29.2 Å². The van der Waals surface area contributed by atoms with Crippen molar-refractivity contribution in [3.8, 4) is 0 Å². The maximum absolute atomic E-state index is 12.4. The molecular weight excluding hydrogens is 302 g/mol. The number of hydrogen-bond acceptors (Lipinski definition) is 4. The summed E-state index contributed by atoms with van der Waals surface area (Å²) >= 11 is 0. The van der Waals surface area contributed by atoms with Crippen LogP contribution in [-0.2, 0) is 14.8 Å². The molecule has 120 valence electrons. The SMILES string of the molecule is O=C1CCCN1c1ccc(S(=O)(=O)NC2CCCNC2)cc1. The summed E-state index contributed by atoms with van der Waals surface area (Å²) in [6, 6.07) is 6.49. The third-order valence-electron chi connectivity index (χ3n) is 4.15. The van der Waals surface area contributed by atoms with Gasteiger partial charge >= 0.3 is 0 Å². The number of anilines is 1. The van der Waals surface area contributed by atoms with Crippen LogP contribution in [-0.4, -0.2) is 40.0 Å². The van der Waals surface area contributed by atoms with Crippen molar-refractivity contribution in [1.82, 2.24) is 10.0 Å². The number of hydrogen-bond donors (Lipinski definition) is 2. The van der Waals surface area contributed by atoms with Crippen LogP contribution in [0.5, 0.6) is 0 Å². The van der Waals surface area contributed by atoms with E-state index < -0.39 is 10.0 Å². The molecular formula is C15H21N3O3S. The summed E-state index contributed by atoms with van der Waals surface area (Å²) in [6.45, 7) is 2.31. The van der Waals surface area contributed by atoms with Crippen molar-refractivity contribution in [1.29, 1.82) is 0 Å². The molecule has 0 spiro atoms. The first-order valence-electron chi connectivity index (χ1n) is 7.70. The highest BCUT2D eigenvalue weighted by molar-refractivity contribution is 7.89. The minimum Gasteiger partial charge on any atom is -0.315 e. The minimum absolute atomic E-state index is 0.0569. The van der Waals surface area contributed by atoms with Crippen molar-refractivity contribution >= 4 is 21.6 Å². The van der Waals surface area contributed by atoms with Crippen LogP contribution in [0.1, 0.15) is 25.7 Å². The molecule has 2 N–H and O–H groups in total. The van der Waals surface area contributed by atoms with Gasteiger partial charge in [-0.15, -0.1) is 0 Å². The number of carbonyl (C=O) groups excluding carboxylic acids is 1. The van der Waals surface area contributed by atoms with E-state index in [9.17, 15) is 13.2 Å². The van der Waals surface area contributed by atoms with Gasteiger partial charge in [-0.05, 0) is 50.1 Å². The molecule has 1 amide bonds. The van der Waals surface area contributed by atoms with Crippen LogP contribution in [0.25, 0.3) is 0 Å². The van der Waals surface area contributed by atoms with Crippen LogP contribution in [0.4, 0.5) is 5.69 Å². The molecule has 2 heterocycles. The molecule has 6 nitrogen and oxygen atoms in total. The summed E-state index contributed by atoms with van der Waals surface area (Å²) in [5.41, 5.74) is 0.765. The molecule has 1 aromatic carbocycles. The highest BCUT2D eigenvalue weighted by atomic mass is 32.2. The molecule has 3 rings (SSSR count). The lowest BCUT2D eigenvalue weighted by Crippen LogP contribution is -2.45. The van der Waals surface area contributed by atoms with Crippen LogP contribution >= 0.6 is 0 Å². The highest BCUT2D eigenvalue weighted by Gasteiger charge is 2.24. The molecule has 0 saturated carbocycles. The van der Waals surface area contributed by atoms with Crippen molar-refractivity contribution in [2.24, 2.45) is 0 Å². The van der Waals surface area contributed by atoms with E-state index in [0.717, 1.165) is 31.5 Å². The monoisotopic (exact) mass is 323 g/mol. The van der Waals surface area contributed by atoms with Gasteiger partial charge in [-0.3, -0.25) is 4.79 Å². The maximum Gasteiger partial charge on any atom is 0.240 e. The summed E-state index contributed by atoms with van der Waals surface area (Å²) in [4.78, 5) is 13.7. The van der Waals surface area contributed by atoms with E-state index in [4.69, 9.17) is 0 Å². The first-order chi connectivity index (χ1) is 10.6. The zero-order valence-corrected chi connectivity index (χ0v) is 13.2. The fourth-order valence-corrected chi connectivity index (χ4v) is 4.24. The van der Waals surface area contributed by atoms with Gasteiger partial charge in [0.25, 0.3) is 0 Å². The van der Waals surface area contributed by atoms with Gasteiger partial charge < -0.3 is 10.2 Å². The Bertz CT molecular complexity index is 637. The lowest BCUT2D eigenvalue weighted by atomic mass is 10.1. The molecule has 2 saturated heterocycles. The Kier molecular flexibility index (Phi) is 4.46. The molecule has 2 aliphatic heterocycles. The average Bonchev–Trinajstić information content (AvgIpc) is 2.94. The van der Waals surface area contributed by atoms with Gasteiger partial charge in [-0.2, -0.15) is 0 Å². The Morgan fingerprint density at radius 2 is 1.95 bits per heavy atom. The van der Waals surface area contributed by atoms with Crippen LogP contribution in [0.2, 0.25) is 0 Å². The predicted octanol–water partition coefficient (Wildman–Crippen LogP) is 0.844. The molecule has 0 aromatic heterocycles. The van der Waals surface area contributed by atoms with Gasteiger partial charge in [-0.1, -0.05) is 0 Å². The Morgan fingerprint density at radius 3 is 2.55 bits per heavy atom. The number of sulfonamides is 1. The van der Waals surface area contributed by atoms with Gasteiger partial charge in [-0.25, -0.2) is 13.1 Å². The van der Waals surface area contributed by atoms with Crippen LogP contribution in [0.15, 0.2) is 29.2 Å². The molecule has 1 unspecified atom stereocenters. The number of rotatable bonds is 4. The maximum atomic E-state index is 12.4. The summed E-state index contributed by atoms with van der Waals surface area (Å²) in [5, 5.41) is 3.19. The third-order valence-corrected chi connectivity index (χ3v) is 5.69. The standard InChI is InChI=1S/C15H21N3O3S/c19-15-4-2-10-18(15)13-5-7-14(8-6-13)22(20,21)17-12-3-1-9-16-11-12/h5-8,12,16-17H,1-4,9-11H2. The van der Waals surface area contributed by atoms with Gasteiger partial charge in [0.05, 0.1) is 4.90 Å². The number of nitrogens with zero attached hydrogens (tertiary/aromatic N) is 1. The van der Waals surface area contributed by atoms with Gasteiger partial charge in [0, 0.05) is 31.2 Å². The highest BCUT2D eigenvalue weighted by Crippen LogP contribution is 2.23. The van der Waals surface area contributed by atoms with Gasteiger partial charge in [0.2, 0.25) is 15.9 Å². The number of carbonyl (C=O) groups is 1. The van der Waals surface area contributed by atoms with Crippen molar-refractivity contribution < 1.29 is 13.2 Å². The number of piperidine rings is 1. The van der Waals surface area contributed by atoms with E-state index >= 15 is 0 Å². The van der Waals surface area contributed by atoms with Crippen molar-refractivity contribution in [2.45, 2.75) is 36.6 Å². The molecule has 2 aliphatic rings. The molecule has 1 aromatic rings. The van der Waals surface area contributed by atoms with Crippen LogP contribution in [0, 0.1) is 0 Å². The molecule has 7 heteroatoms. The van der Waals surface area contributed by atoms with Gasteiger partial charge in [0.15, 0.2) is 0 Å². The van der Waals surface area contributed by atoms with E-state index in [0.29, 0.717) is 19.5 Å². The number of benzene rings is 1. The van der Waals surface area contributed by atoms with Crippen molar-refractivity contribution in [3.63, 3.8) is 0 Å². The topological polar surface area (TPSA) is 78.5 Å². The van der Waals surface area contributed by atoms with E-state index in [2.05, 4.69) is 10.0 Å². The lowest BCUT2D eigenvalue weighted by molar-refractivity contribution is -0.117. The lowest BCUT2D eigenvalue weighted by Gasteiger charge is -2.23. The molecule has 1 atom stereocenters. The molecule has 2 fully saturated rings. The minimum atomic E-state index is -3.51. The number of nitrogens with one attached hydrogen (secondary N) is 2. The molecule has 0 aliphatic carbocycles. The second-order valence-corrected chi connectivity index (χ2v) is 7.52. The quantitative estimate of drug-likeness (QED) is 0.861. The zero-order valence-electron chi connectivity index (χ0n) is 12.4. The van der Waals surface area contributed by atoms with Gasteiger partial charge in [0.1, 0.15) is 0 Å². The van der Waals surface area contributed by atoms with Crippen LogP contribution in [0.3, 0.4) is 0 Å². The fourth-order valence-electron chi connectivity index (χ4n) is 2.97. The first kappa shape index (κ1) is 15.5. The predicted molar refractivity (Wildman–Crippen MR) is 84.2 cm³/mol. The number of amides is 1. The van der Waals surface area contributed by atoms with E-state index in [1.807, 2.05) is 0 Å². The second kappa shape index (κ2) is 6.36. The molecule has 0 bridgehead atoms. The second-order valence-electron chi connectivity index (χ2n) is 5.81. The first-order valence-corrected chi connectivity index (χ1v) is 9.18. The third kappa shape index (κ3) is 3.31. The summed E-state index contributed by atoms with van der Waals surface area (Å²) in [7, 11) is -3.51. The Hall–Kier alpha value is -1.44. The molecule has 22 heavy (non-hydrogen) atoms. The van der Waals surface area contributed by atoms with E-state index in [-0.39, 0.29) is 16.8 Å². The normalized spacial score (nSPS) is 23.0. The average molecular weight is 323 g/mol. The Morgan fingerprint density at radius 1 is 1.18 bits per heavy atom. The summed E-state index contributed by atoms with van der Waals surface area (Å²) in [6.07, 6.45) is 3.25. The summed E-state index contributed by atoms with van der Waals surface area (Å²) < 4.78 is 27.5. The Balaban J connectivity index is 1.72. The zero-order chi connectivity index (χ0) is 15.6. The van der Waals surface area contributed by atoms with Crippen molar-refractivity contribution in [2.75, 3.05) is 24.5 Å². The Labute approximate surface area is 130 Å². The molecule has 0 radical (unpaired) electrons. The smallest absolute Gasteiger partial charge is 0.240 e. The largest absolute Gasteiger partial charge is 0.315 e. The fraction of sp³-hybridized carbons (Fsp3) is 0.533. The summed E-state index contributed by atoms with van der Waals surface area (Å²) in [5.74, 6) is 0.0991. The van der Waals surface area contributed by atoms with E-state index in [1.165, 1.54) is 0 Å².